The minimum Gasteiger partial charge on any atom is -0.289 e. The number of rotatable bonds is 2. The molecule has 0 fully saturated rings. The van der Waals surface area contributed by atoms with Crippen molar-refractivity contribution in [2.75, 3.05) is 0 Å². The molecule has 0 unspecified atom stereocenters. The Morgan fingerprint density at radius 3 is 0.979 bits per heavy atom. The standard InChI is InChI=1S/C42H26O6/c1-2-3-9-26-20-27-10-4-11-28(38(27)44)21-29-12-5-13-30(39(29)45)22-31-14-6-15-32(40(31)46)23-33-16-7-17-34(41(33)47)24-35-18-8-19-36(42(35)48)25-37(26)43/h2-25H,1H2/b9-3-,26-20?,28-21?,30-22?,32-23?,34-24?,36-25?. The largest absolute Gasteiger partial charge is 0.289 e. The molecule has 6 heteroatoms. The van der Waals surface area contributed by atoms with E-state index < -0.39 is 23.1 Å². The molecule has 6 rings (SSSR count). The molecule has 0 spiro atoms. The molecule has 0 atom stereocenters. The van der Waals surface area contributed by atoms with E-state index in [9.17, 15) is 28.8 Å². The lowest BCUT2D eigenvalue weighted by atomic mass is 9.88. The highest BCUT2D eigenvalue weighted by Crippen LogP contribution is 2.27. The van der Waals surface area contributed by atoms with Crippen molar-refractivity contribution in [1.82, 2.24) is 0 Å². The van der Waals surface area contributed by atoms with Gasteiger partial charge in [0, 0.05) is 61.3 Å². The molecule has 0 saturated heterocycles. The van der Waals surface area contributed by atoms with E-state index in [1.54, 1.807) is 91.1 Å². The Balaban J connectivity index is 1.49. The predicted molar refractivity (Wildman–Crippen MR) is 184 cm³/mol. The van der Waals surface area contributed by atoms with E-state index in [0.717, 1.165) is 0 Å². The van der Waals surface area contributed by atoms with Crippen molar-refractivity contribution in [3.05, 3.63) is 214 Å². The molecule has 6 aliphatic rings. The first kappa shape index (κ1) is 31.3. The summed E-state index contributed by atoms with van der Waals surface area (Å²) in [4.78, 5) is 81.1. The van der Waals surface area contributed by atoms with Crippen LogP contribution in [0.2, 0.25) is 0 Å². The summed E-state index contributed by atoms with van der Waals surface area (Å²) in [6.45, 7) is 3.66. The van der Waals surface area contributed by atoms with Crippen LogP contribution in [0.5, 0.6) is 0 Å². The molecule has 0 saturated carbocycles. The summed E-state index contributed by atoms with van der Waals surface area (Å²) in [6.07, 6.45) is 36.9. The van der Waals surface area contributed by atoms with Gasteiger partial charge in [0.15, 0.2) is 34.7 Å². The number of ketones is 6. The van der Waals surface area contributed by atoms with Crippen LogP contribution in [0.1, 0.15) is 0 Å². The summed E-state index contributed by atoms with van der Waals surface area (Å²) in [5, 5.41) is 0. The van der Waals surface area contributed by atoms with E-state index in [0.29, 0.717) is 0 Å². The quantitative estimate of drug-likeness (QED) is 0.339. The third-order valence-electron chi connectivity index (χ3n) is 7.92. The van der Waals surface area contributed by atoms with Crippen LogP contribution in [0, 0.1) is 0 Å². The monoisotopic (exact) mass is 626 g/mol. The van der Waals surface area contributed by atoms with E-state index in [1.165, 1.54) is 54.7 Å². The van der Waals surface area contributed by atoms with Crippen molar-refractivity contribution in [3.8, 4) is 0 Å². The molecule has 0 aromatic carbocycles. The highest BCUT2D eigenvalue weighted by Gasteiger charge is 2.25. The lowest BCUT2D eigenvalue weighted by molar-refractivity contribution is -0.113. The molecule has 6 aliphatic carbocycles. The molecule has 230 valence electrons. The van der Waals surface area contributed by atoms with Crippen LogP contribution in [0.25, 0.3) is 0 Å². The first-order valence-electron chi connectivity index (χ1n) is 15.0. The molecule has 48 heavy (non-hydrogen) atoms. The lowest BCUT2D eigenvalue weighted by Crippen LogP contribution is -2.14. The van der Waals surface area contributed by atoms with Crippen LogP contribution in [0.15, 0.2) is 214 Å². The fourth-order valence-corrected chi connectivity index (χ4v) is 5.44. The summed E-state index contributed by atoms with van der Waals surface area (Å²) in [5.41, 5.74) is 2.26. The van der Waals surface area contributed by atoms with Gasteiger partial charge in [0.2, 0.25) is 0 Å². The van der Waals surface area contributed by atoms with Gasteiger partial charge in [-0.3, -0.25) is 28.8 Å². The second kappa shape index (κ2) is 13.4. The third kappa shape index (κ3) is 6.36. The number of hydrogen-bond donors (Lipinski definition) is 0. The first-order valence-corrected chi connectivity index (χ1v) is 15.0. The van der Waals surface area contributed by atoms with Crippen molar-refractivity contribution in [3.63, 3.8) is 0 Å². The van der Waals surface area contributed by atoms with Crippen LogP contribution in [0.3, 0.4) is 0 Å². The fourth-order valence-electron chi connectivity index (χ4n) is 5.44. The molecule has 0 heterocycles. The maximum Gasteiger partial charge on any atom is 0.193 e. The minimum atomic E-state index is -0.532. The maximum absolute atomic E-state index is 13.6. The summed E-state index contributed by atoms with van der Waals surface area (Å²) < 4.78 is 0. The zero-order valence-electron chi connectivity index (χ0n) is 25.5. The van der Waals surface area contributed by atoms with Gasteiger partial charge in [-0.15, -0.1) is 0 Å². The molecule has 0 N–H and O–H groups in total. The van der Waals surface area contributed by atoms with Gasteiger partial charge in [-0.25, -0.2) is 0 Å². The van der Waals surface area contributed by atoms with Crippen molar-refractivity contribution in [2.45, 2.75) is 0 Å². The van der Waals surface area contributed by atoms with Crippen molar-refractivity contribution in [1.29, 1.82) is 0 Å². The second-order valence-corrected chi connectivity index (χ2v) is 11.1. The summed E-state index contributed by atoms with van der Waals surface area (Å²) >= 11 is 0. The molecule has 0 aromatic heterocycles. The number of Topliss-reactive ketones (excluding diaryl/α,β-unsaturated/α-hetero) is 5. The first-order chi connectivity index (χ1) is 23.2. The molecule has 0 radical (unpaired) electrons. The number of carbonyl (C=O) groups excluding carboxylic acids is 6. The SMILES string of the molecule is C=C/C=C\C1=CC2=CC=CC(=CC3=CC=CC(=CC4=CC=CC(=CC5=CC=CC(=CC6=CC=CC(=CC1=O)C6=O)C5=O)C4=O)C3=O)C2=O. The Morgan fingerprint density at radius 2 is 0.667 bits per heavy atom. The zero-order valence-corrected chi connectivity index (χ0v) is 25.5. The molecule has 0 aliphatic heterocycles. The highest BCUT2D eigenvalue weighted by molar-refractivity contribution is 6.23. The van der Waals surface area contributed by atoms with Gasteiger partial charge in [-0.2, -0.15) is 0 Å². The van der Waals surface area contributed by atoms with Crippen molar-refractivity contribution >= 4 is 34.7 Å². The normalized spacial score (nSPS) is 20.9. The topological polar surface area (TPSA) is 102 Å². The summed E-state index contributed by atoms with van der Waals surface area (Å²) in [6, 6.07) is 0. The average molecular weight is 627 g/mol. The Kier molecular flexibility index (Phi) is 8.72. The Labute approximate surface area is 276 Å². The lowest BCUT2D eigenvalue weighted by Gasteiger charge is -2.14. The van der Waals surface area contributed by atoms with E-state index in [-0.39, 0.29) is 72.9 Å². The Morgan fingerprint density at radius 1 is 0.375 bits per heavy atom. The minimum absolute atomic E-state index is 0.0940. The van der Waals surface area contributed by atoms with Gasteiger partial charge in [-0.1, -0.05) is 116 Å². The predicted octanol–water partition coefficient (Wildman–Crippen LogP) is 6.20. The second-order valence-electron chi connectivity index (χ2n) is 11.1. The van der Waals surface area contributed by atoms with Gasteiger partial charge in [0.25, 0.3) is 0 Å². The molecule has 0 aromatic rings. The van der Waals surface area contributed by atoms with E-state index in [2.05, 4.69) is 6.58 Å². The van der Waals surface area contributed by atoms with Gasteiger partial charge < -0.3 is 0 Å². The third-order valence-corrected chi connectivity index (χ3v) is 7.92. The van der Waals surface area contributed by atoms with E-state index >= 15 is 0 Å². The zero-order chi connectivity index (χ0) is 33.8. The summed E-state index contributed by atoms with van der Waals surface area (Å²) in [5.74, 6) is -2.57. The van der Waals surface area contributed by atoms with Crippen LogP contribution in [-0.4, -0.2) is 34.7 Å². The molecule has 0 amide bonds. The Hall–Kier alpha value is -6.66. The molecular weight excluding hydrogens is 600 g/mol. The number of allylic oxidation sites excluding steroid dienone is 35. The van der Waals surface area contributed by atoms with Gasteiger partial charge in [0.05, 0.1) is 0 Å². The average Bonchev–Trinajstić information content (AvgIpc) is 3.07. The maximum atomic E-state index is 13.6. The summed E-state index contributed by atoms with van der Waals surface area (Å²) in [7, 11) is 0. The number of fused-ring (bicyclic) bond motifs is 10. The fraction of sp³-hybridized carbons (Fsp3) is 0. The van der Waals surface area contributed by atoms with E-state index in [4.69, 9.17) is 0 Å². The molecular formula is C42H26O6. The van der Waals surface area contributed by atoms with Gasteiger partial charge in [0.1, 0.15) is 0 Å². The Bertz CT molecular complexity index is 2200. The van der Waals surface area contributed by atoms with Crippen LogP contribution in [0.4, 0.5) is 0 Å². The van der Waals surface area contributed by atoms with Gasteiger partial charge in [-0.05, 0) is 36.5 Å². The van der Waals surface area contributed by atoms with Gasteiger partial charge >= 0.3 is 0 Å². The number of hydrogen-bond acceptors (Lipinski definition) is 6. The van der Waals surface area contributed by atoms with E-state index in [1.807, 2.05) is 0 Å². The molecule has 6 nitrogen and oxygen atoms in total. The number of carbonyl (C=O) groups is 6. The van der Waals surface area contributed by atoms with Crippen LogP contribution < -0.4 is 0 Å². The highest BCUT2D eigenvalue weighted by atomic mass is 16.1. The van der Waals surface area contributed by atoms with Crippen LogP contribution in [-0.2, 0) is 28.8 Å². The van der Waals surface area contributed by atoms with Crippen molar-refractivity contribution in [2.24, 2.45) is 0 Å². The smallest absolute Gasteiger partial charge is 0.193 e. The van der Waals surface area contributed by atoms with Crippen molar-refractivity contribution < 1.29 is 28.8 Å². The molecule has 10 bridgehead atoms. The van der Waals surface area contributed by atoms with Crippen LogP contribution >= 0.6 is 0 Å².